The summed E-state index contributed by atoms with van der Waals surface area (Å²) in [5, 5.41) is 5.97. The van der Waals surface area contributed by atoms with Crippen molar-refractivity contribution in [3.8, 4) is 0 Å². The van der Waals surface area contributed by atoms with Crippen LogP contribution >= 0.6 is 0 Å². The molecular weight excluding hydrogens is 272 g/mol. The number of rotatable bonds is 4. The van der Waals surface area contributed by atoms with Crippen LogP contribution in [0.25, 0.3) is 0 Å². The molecule has 1 aliphatic rings. The van der Waals surface area contributed by atoms with Crippen molar-refractivity contribution in [3.05, 3.63) is 29.3 Å². The largest absolute Gasteiger partial charge is 0.465 e. The fourth-order valence-electron chi connectivity index (χ4n) is 2.40. The van der Waals surface area contributed by atoms with Crippen LogP contribution in [-0.2, 0) is 14.3 Å². The number of esters is 1. The van der Waals surface area contributed by atoms with E-state index in [9.17, 15) is 9.59 Å². The third kappa shape index (κ3) is 3.40. The second-order valence-corrected chi connectivity index (χ2v) is 5.01. The Morgan fingerprint density at radius 1 is 1.33 bits per heavy atom. The van der Waals surface area contributed by atoms with Crippen molar-refractivity contribution in [2.24, 2.45) is 0 Å². The summed E-state index contributed by atoms with van der Waals surface area (Å²) < 4.78 is 9.95. The van der Waals surface area contributed by atoms with Crippen molar-refractivity contribution in [3.63, 3.8) is 0 Å². The summed E-state index contributed by atoms with van der Waals surface area (Å²) >= 11 is 0. The van der Waals surface area contributed by atoms with Gasteiger partial charge in [0.25, 0.3) is 0 Å². The molecule has 6 nitrogen and oxygen atoms in total. The van der Waals surface area contributed by atoms with Crippen LogP contribution in [0.3, 0.4) is 0 Å². The lowest BCUT2D eigenvalue weighted by atomic mass is 10.1. The van der Waals surface area contributed by atoms with Crippen molar-refractivity contribution in [1.82, 2.24) is 5.32 Å². The van der Waals surface area contributed by atoms with E-state index < -0.39 is 5.97 Å². The minimum atomic E-state index is -0.415. The van der Waals surface area contributed by atoms with Crippen molar-refractivity contribution >= 4 is 17.6 Å². The maximum absolute atomic E-state index is 12.2. The van der Waals surface area contributed by atoms with E-state index in [4.69, 9.17) is 9.47 Å². The minimum Gasteiger partial charge on any atom is -0.465 e. The highest BCUT2D eigenvalue weighted by atomic mass is 16.5. The van der Waals surface area contributed by atoms with Gasteiger partial charge >= 0.3 is 5.97 Å². The first-order valence-electron chi connectivity index (χ1n) is 6.81. The van der Waals surface area contributed by atoms with Gasteiger partial charge in [-0.05, 0) is 31.0 Å². The second kappa shape index (κ2) is 6.69. The second-order valence-electron chi connectivity index (χ2n) is 5.01. The van der Waals surface area contributed by atoms with Crippen molar-refractivity contribution in [2.45, 2.75) is 25.5 Å². The molecule has 2 unspecified atom stereocenters. The van der Waals surface area contributed by atoms with Crippen LogP contribution in [0.4, 0.5) is 5.69 Å². The predicted molar refractivity (Wildman–Crippen MR) is 78.4 cm³/mol. The summed E-state index contributed by atoms with van der Waals surface area (Å²) in [6, 6.07) is 4.87. The van der Waals surface area contributed by atoms with Gasteiger partial charge in [0.1, 0.15) is 0 Å². The van der Waals surface area contributed by atoms with Gasteiger partial charge in [0, 0.05) is 19.3 Å². The SMILES string of the molecule is COC(=O)c1cccc(NC(=O)C2CC(OC)CN2)c1C. The van der Waals surface area contributed by atoms with Gasteiger partial charge in [-0.3, -0.25) is 4.79 Å². The van der Waals surface area contributed by atoms with Crippen LogP contribution < -0.4 is 10.6 Å². The average molecular weight is 292 g/mol. The molecule has 0 radical (unpaired) electrons. The van der Waals surface area contributed by atoms with E-state index in [0.717, 1.165) is 0 Å². The van der Waals surface area contributed by atoms with Crippen molar-refractivity contribution < 1.29 is 19.1 Å². The van der Waals surface area contributed by atoms with Crippen LogP contribution in [-0.4, -0.2) is 44.8 Å². The number of amides is 1. The molecule has 6 heteroatoms. The smallest absolute Gasteiger partial charge is 0.338 e. The number of hydrogen-bond donors (Lipinski definition) is 2. The fourth-order valence-corrected chi connectivity index (χ4v) is 2.40. The molecule has 0 aliphatic carbocycles. The third-order valence-corrected chi connectivity index (χ3v) is 3.74. The van der Waals surface area contributed by atoms with Gasteiger partial charge in [-0.2, -0.15) is 0 Å². The number of hydrogen-bond acceptors (Lipinski definition) is 5. The Bertz CT molecular complexity index is 544. The normalized spacial score (nSPS) is 21.1. The Hall–Kier alpha value is -1.92. The first-order chi connectivity index (χ1) is 10.1. The maximum Gasteiger partial charge on any atom is 0.338 e. The molecule has 2 N–H and O–H groups in total. The van der Waals surface area contributed by atoms with E-state index in [1.165, 1.54) is 7.11 Å². The Labute approximate surface area is 123 Å². The van der Waals surface area contributed by atoms with Gasteiger partial charge in [0.05, 0.1) is 24.8 Å². The lowest BCUT2D eigenvalue weighted by molar-refractivity contribution is -0.118. The summed E-state index contributed by atoms with van der Waals surface area (Å²) in [7, 11) is 2.97. The van der Waals surface area contributed by atoms with Gasteiger partial charge in [-0.25, -0.2) is 4.79 Å². The lowest BCUT2D eigenvalue weighted by Crippen LogP contribution is -2.35. The number of anilines is 1. The number of ether oxygens (including phenoxy) is 2. The molecule has 1 saturated heterocycles. The summed E-state index contributed by atoms with van der Waals surface area (Å²) in [4.78, 5) is 23.9. The summed E-state index contributed by atoms with van der Waals surface area (Å²) in [6.45, 7) is 2.44. The molecule has 0 spiro atoms. The highest BCUT2D eigenvalue weighted by Gasteiger charge is 2.29. The average Bonchev–Trinajstić information content (AvgIpc) is 2.97. The summed E-state index contributed by atoms with van der Waals surface area (Å²) in [5.74, 6) is -0.540. The standard InChI is InChI=1S/C15H20N2O4/c1-9-11(15(19)21-3)5-4-6-12(9)17-14(18)13-7-10(20-2)8-16-13/h4-6,10,13,16H,7-8H2,1-3H3,(H,17,18). The molecule has 1 aromatic carbocycles. The monoisotopic (exact) mass is 292 g/mol. The molecule has 1 aromatic rings. The molecule has 0 aromatic heterocycles. The number of methoxy groups -OCH3 is 2. The zero-order valence-corrected chi connectivity index (χ0v) is 12.4. The molecule has 1 aliphatic heterocycles. The zero-order valence-electron chi connectivity index (χ0n) is 12.4. The van der Waals surface area contributed by atoms with Crippen molar-refractivity contribution in [2.75, 3.05) is 26.1 Å². The molecule has 0 saturated carbocycles. The van der Waals surface area contributed by atoms with E-state index in [1.807, 2.05) is 0 Å². The first kappa shape index (κ1) is 15.5. The van der Waals surface area contributed by atoms with Crippen LogP contribution in [0.2, 0.25) is 0 Å². The quantitative estimate of drug-likeness (QED) is 0.813. The molecule has 2 atom stereocenters. The highest BCUT2D eigenvalue weighted by molar-refractivity contribution is 5.98. The Balaban J connectivity index is 2.09. The molecule has 114 valence electrons. The number of carbonyl (C=O) groups is 2. The van der Waals surface area contributed by atoms with Gasteiger partial charge in [-0.15, -0.1) is 0 Å². The van der Waals surface area contributed by atoms with E-state index in [1.54, 1.807) is 32.2 Å². The van der Waals surface area contributed by atoms with E-state index in [2.05, 4.69) is 10.6 Å². The molecule has 0 bridgehead atoms. The molecule has 1 fully saturated rings. The van der Waals surface area contributed by atoms with Gasteiger partial charge < -0.3 is 20.1 Å². The lowest BCUT2D eigenvalue weighted by Gasteiger charge is -2.14. The highest BCUT2D eigenvalue weighted by Crippen LogP contribution is 2.21. The summed E-state index contributed by atoms with van der Waals surface area (Å²) in [5.41, 5.74) is 1.76. The molecule has 1 amide bonds. The minimum absolute atomic E-state index is 0.0586. The predicted octanol–water partition coefficient (Wildman–Crippen LogP) is 1.10. The first-order valence-corrected chi connectivity index (χ1v) is 6.81. The zero-order chi connectivity index (χ0) is 15.4. The van der Waals surface area contributed by atoms with Crippen LogP contribution in [0.5, 0.6) is 0 Å². The van der Waals surface area contributed by atoms with Gasteiger partial charge in [0.2, 0.25) is 5.91 Å². The third-order valence-electron chi connectivity index (χ3n) is 3.74. The van der Waals surface area contributed by atoms with E-state index in [0.29, 0.717) is 29.8 Å². The Kier molecular flexibility index (Phi) is 4.93. The van der Waals surface area contributed by atoms with Crippen LogP contribution in [0.1, 0.15) is 22.3 Å². The molecule has 2 rings (SSSR count). The van der Waals surface area contributed by atoms with Crippen LogP contribution in [0, 0.1) is 6.92 Å². The van der Waals surface area contributed by atoms with Crippen LogP contribution in [0.15, 0.2) is 18.2 Å². The maximum atomic E-state index is 12.2. The summed E-state index contributed by atoms with van der Waals surface area (Å²) in [6.07, 6.45) is 0.696. The van der Waals surface area contributed by atoms with Crippen molar-refractivity contribution in [1.29, 1.82) is 0 Å². The number of nitrogens with one attached hydrogen (secondary N) is 2. The van der Waals surface area contributed by atoms with Gasteiger partial charge in [0.15, 0.2) is 0 Å². The van der Waals surface area contributed by atoms with Gasteiger partial charge in [-0.1, -0.05) is 6.07 Å². The Morgan fingerprint density at radius 3 is 2.71 bits per heavy atom. The fraction of sp³-hybridized carbons (Fsp3) is 0.467. The Morgan fingerprint density at radius 2 is 2.10 bits per heavy atom. The molecule has 21 heavy (non-hydrogen) atoms. The molecular formula is C15H20N2O4. The topological polar surface area (TPSA) is 76.7 Å². The van der Waals surface area contributed by atoms with E-state index in [-0.39, 0.29) is 18.1 Å². The number of benzene rings is 1. The number of carbonyl (C=O) groups excluding carboxylic acids is 2. The van der Waals surface area contributed by atoms with E-state index >= 15 is 0 Å². The molecule has 1 heterocycles.